The molecule has 0 spiro atoms. The van der Waals surface area contributed by atoms with Gasteiger partial charge in [0.15, 0.2) is 5.82 Å². The number of piperazine rings is 1. The van der Waals surface area contributed by atoms with Crippen molar-refractivity contribution in [1.29, 1.82) is 0 Å². The Kier molecular flexibility index (Phi) is 4.13. The zero-order valence-electron chi connectivity index (χ0n) is 15.4. The largest absolute Gasteiger partial charge is 0.507 e. The summed E-state index contributed by atoms with van der Waals surface area (Å²) in [5.74, 6) is 1.84. The highest BCUT2D eigenvalue weighted by Crippen LogP contribution is 2.36. The fraction of sp³-hybridized carbons (Fsp3) is 0.500. The van der Waals surface area contributed by atoms with Crippen LogP contribution < -0.4 is 16.0 Å². The van der Waals surface area contributed by atoms with Gasteiger partial charge in [0, 0.05) is 44.3 Å². The third kappa shape index (κ3) is 3.11. The third-order valence-electron chi connectivity index (χ3n) is 6.12. The molecular weight excluding hydrogens is 340 g/mol. The second-order valence-electron chi connectivity index (χ2n) is 8.07. The van der Waals surface area contributed by atoms with Crippen molar-refractivity contribution in [3.63, 3.8) is 0 Å². The van der Waals surface area contributed by atoms with Crippen LogP contribution in [0.2, 0.25) is 0 Å². The topological polar surface area (TPSA) is 90.5 Å². The Bertz CT molecular complexity index is 837. The highest BCUT2D eigenvalue weighted by molar-refractivity contribution is 5.76. The molecule has 1 atom stereocenters. The number of hydrogen-bond donors (Lipinski definition) is 3. The highest BCUT2D eigenvalue weighted by Gasteiger charge is 2.35. The first-order chi connectivity index (χ1) is 13.2. The van der Waals surface area contributed by atoms with Gasteiger partial charge in [-0.15, -0.1) is 10.2 Å². The van der Waals surface area contributed by atoms with Gasteiger partial charge in [-0.05, 0) is 37.0 Å². The van der Waals surface area contributed by atoms with Crippen LogP contribution in [-0.4, -0.2) is 65.0 Å². The Morgan fingerprint density at radius 2 is 2.04 bits per heavy atom. The third-order valence-corrected chi connectivity index (χ3v) is 6.12. The van der Waals surface area contributed by atoms with E-state index < -0.39 is 0 Å². The quantitative estimate of drug-likeness (QED) is 0.758. The summed E-state index contributed by atoms with van der Waals surface area (Å²) in [5, 5.41) is 22.3. The van der Waals surface area contributed by atoms with E-state index in [-0.39, 0.29) is 5.75 Å². The molecule has 27 heavy (non-hydrogen) atoms. The average molecular weight is 366 g/mol. The summed E-state index contributed by atoms with van der Waals surface area (Å²) in [6, 6.07) is 10.2. The number of nitrogens with two attached hydrogens (primary N) is 1. The Morgan fingerprint density at radius 3 is 2.85 bits per heavy atom. The monoisotopic (exact) mass is 366 g/mol. The molecule has 4 N–H and O–H groups in total. The van der Waals surface area contributed by atoms with Gasteiger partial charge in [-0.3, -0.25) is 4.90 Å². The molecule has 3 heterocycles. The maximum absolute atomic E-state index is 10.2. The fourth-order valence-corrected chi connectivity index (χ4v) is 4.64. The van der Waals surface area contributed by atoms with Crippen molar-refractivity contribution in [2.75, 3.05) is 42.9 Å². The maximum Gasteiger partial charge on any atom is 0.172 e. The molecule has 0 radical (unpaired) electrons. The Labute approximate surface area is 159 Å². The minimum atomic E-state index is 0.232. The lowest BCUT2D eigenvalue weighted by Gasteiger charge is -2.47. The molecule has 7 heteroatoms. The number of hydrogen-bond acceptors (Lipinski definition) is 7. The van der Waals surface area contributed by atoms with Crippen LogP contribution in [0.1, 0.15) is 12.8 Å². The number of rotatable bonds is 3. The molecule has 0 amide bonds. The van der Waals surface area contributed by atoms with E-state index in [2.05, 4.69) is 31.4 Å². The number of nitrogens with zero attached hydrogens (tertiary/aromatic N) is 4. The molecule has 142 valence electrons. The van der Waals surface area contributed by atoms with E-state index in [9.17, 15) is 5.11 Å². The number of aromatic hydroxyl groups is 1. The lowest BCUT2D eigenvalue weighted by Crippen LogP contribution is -2.59. The Balaban J connectivity index is 1.35. The van der Waals surface area contributed by atoms with Crippen molar-refractivity contribution in [2.45, 2.75) is 24.9 Å². The van der Waals surface area contributed by atoms with E-state index in [4.69, 9.17) is 5.73 Å². The predicted molar refractivity (Wildman–Crippen MR) is 106 cm³/mol. The fourth-order valence-electron chi connectivity index (χ4n) is 4.64. The molecule has 2 aliphatic heterocycles. The van der Waals surface area contributed by atoms with Gasteiger partial charge in [0.25, 0.3) is 0 Å². The summed E-state index contributed by atoms with van der Waals surface area (Å²) < 4.78 is 0. The van der Waals surface area contributed by atoms with Crippen LogP contribution in [0.4, 0.5) is 11.5 Å². The van der Waals surface area contributed by atoms with E-state index >= 15 is 0 Å². The van der Waals surface area contributed by atoms with Crippen LogP contribution in [0, 0.1) is 5.92 Å². The summed E-state index contributed by atoms with van der Waals surface area (Å²) in [5.41, 5.74) is 8.45. The lowest BCUT2D eigenvalue weighted by molar-refractivity contribution is 0.141. The first-order valence-electron chi connectivity index (χ1n) is 9.82. The minimum Gasteiger partial charge on any atom is -0.507 e. The SMILES string of the molecule is N[C@H]1C[C@@H](CN2CCN3c4cc(-c5ccccc5O)nnc4NC[C@H]3C2)C1. The highest BCUT2D eigenvalue weighted by atomic mass is 16.3. The summed E-state index contributed by atoms with van der Waals surface area (Å²) in [4.78, 5) is 5.04. The smallest absolute Gasteiger partial charge is 0.172 e. The molecule has 1 saturated heterocycles. The molecule has 2 fully saturated rings. The molecule has 0 unspecified atom stereocenters. The Morgan fingerprint density at radius 1 is 1.19 bits per heavy atom. The maximum atomic E-state index is 10.2. The van der Waals surface area contributed by atoms with E-state index in [0.717, 1.165) is 49.2 Å². The summed E-state index contributed by atoms with van der Waals surface area (Å²) in [7, 11) is 0. The molecule has 3 aliphatic rings. The molecule has 1 saturated carbocycles. The molecular formula is C20H26N6O. The Hall–Kier alpha value is -2.38. The van der Waals surface area contributed by atoms with E-state index in [1.54, 1.807) is 6.07 Å². The number of phenols is 1. The standard InChI is InChI=1S/C20H26N6O/c21-14-7-13(8-14)11-25-5-6-26-15(12-25)10-22-20-18(26)9-17(23-24-20)16-3-1-2-4-19(16)27/h1-4,9,13-15,27H,5-8,10-12,21H2,(H,22,24)/t13-,14+,15-/m0/s1. The molecule has 2 aromatic rings. The van der Waals surface area contributed by atoms with Gasteiger partial charge < -0.3 is 21.1 Å². The number of nitrogens with one attached hydrogen (secondary N) is 1. The van der Waals surface area contributed by atoms with Crippen molar-refractivity contribution >= 4 is 11.5 Å². The van der Waals surface area contributed by atoms with Crippen molar-refractivity contribution in [1.82, 2.24) is 15.1 Å². The van der Waals surface area contributed by atoms with Crippen LogP contribution in [-0.2, 0) is 0 Å². The van der Waals surface area contributed by atoms with Gasteiger partial charge >= 0.3 is 0 Å². The predicted octanol–water partition coefficient (Wildman–Crippen LogP) is 1.50. The number of benzene rings is 1. The molecule has 0 bridgehead atoms. The summed E-state index contributed by atoms with van der Waals surface area (Å²) in [6.07, 6.45) is 2.34. The van der Waals surface area contributed by atoms with Gasteiger partial charge in [0.2, 0.25) is 0 Å². The van der Waals surface area contributed by atoms with Crippen molar-refractivity contribution in [3.8, 4) is 17.0 Å². The van der Waals surface area contributed by atoms with E-state index in [0.29, 0.717) is 17.8 Å². The first kappa shape index (κ1) is 16.8. The van der Waals surface area contributed by atoms with Crippen LogP contribution in [0.15, 0.2) is 30.3 Å². The van der Waals surface area contributed by atoms with Gasteiger partial charge in [0.1, 0.15) is 5.75 Å². The van der Waals surface area contributed by atoms with Gasteiger partial charge in [-0.25, -0.2) is 0 Å². The van der Waals surface area contributed by atoms with Crippen LogP contribution in [0.5, 0.6) is 5.75 Å². The molecule has 5 rings (SSSR count). The van der Waals surface area contributed by atoms with Crippen LogP contribution >= 0.6 is 0 Å². The number of aromatic nitrogens is 2. The average Bonchev–Trinajstić information content (AvgIpc) is 2.66. The normalized spacial score (nSPS) is 27.3. The summed E-state index contributed by atoms with van der Waals surface area (Å²) in [6.45, 7) is 5.17. The molecule has 1 aromatic heterocycles. The van der Waals surface area contributed by atoms with E-state index in [1.807, 2.05) is 18.2 Å². The second kappa shape index (κ2) is 6.65. The number of para-hydroxylation sites is 1. The number of fused-ring (bicyclic) bond motifs is 3. The van der Waals surface area contributed by atoms with Gasteiger partial charge in [0.05, 0.1) is 17.4 Å². The molecule has 7 nitrogen and oxygen atoms in total. The van der Waals surface area contributed by atoms with Gasteiger partial charge in [-0.2, -0.15) is 0 Å². The molecule has 1 aliphatic carbocycles. The van der Waals surface area contributed by atoms with Crippen LogP contribution in [0.3, 0.4) is 0 Å². The van der Waals surface area contributed by atoms with Crippen molar-refractivity contribution < 1.29 is 5.11 Å². The molecule has 1 aromatic carbocycles. The summed E-state index contributed by atoms with van der Waals surface area (Å²) >= 11 is 0. The zero-order chi connectivity index (χ0) is 18.4. The van der Waals surface area contributed by atoms with Gasteiger partial charge in [-0.1, -0.05) is 12.1 Å². The first-order valence-corrected chi connectivity index (χ1v) is 9.82. The number of anilines is 2. The van der Waals surface area contributed by atoms with Crippen molar-refractivity contribution in [2.24, 2.45) is 11.7 Å². The zero-order valence-corrected chi connectivity index (χ0v) is 15.4. The number of phenolic OH excluding ortho intramolecular Hbond substituents is 1. The lowest BCUT2D eigenvalue weighted by atomic mass is 9.80. The van der Waals surface area contributed by atoms with E-state index in [1.165, 1.54) is 19.4 Å². The van der Waals surface area contributed by atoms with Crippen LogP contribution in [0.25, 0.3) is 11.3 Å². The second-order valence-corrected chi connectivity index (χ2v) is 8.07. The van der Waals surface area contributed by atoms with Crippen molar-refractivity contribution in [3.05, 3.63) is 30.3 Å². The minimum absolute atomic E-state index is 0.232.